The van der Waals surface area contributed by atoms with E-state index in [1.54, 1.807) is 0 Å². The van der Waals surface area contributed by atoms with Crippen LogP contribution in [0.5, 0.6) is 0 Å². The number of carbonyl (C=O) groups is 2. The van der Waals surface area contributed by atoms with Gasteiger partial charge in [-0.3, -0.25) is 9.59 Å². The third kappa shape index (κ3) is 1.95. The van der Waals surface area contributed by atoms with E-state index in [9.17, 15) is 14.0 Å². The summed E-state index contributed by atoms with van der Waals surface area (Å²) >= 11 is 0. The Bertz CT molecular complexity index is 484. The first-order valence-electron chi connectivity index (χ1n) is 5.70. The van der Waals surface area contributed by atoms with Crippen LogP contribution in [0, 0.1) is 11.7 Å². The van der Waals surface area contributed by atoms with Crippen LogP contribution in [0.1, 0.15) is 30.6 Å². The molecule has 0 aromatic heterocycles. The molecular weight excluding hydrogens is 221 g/mol. The molecular formula is C13H14FNO2. The van der Waals surface area contributed by atoms with Gasteiger partial charge in [0, 0.05) is 6.54 Å². The molecule has 0 bridgehead atoms. The van der Waals surface area contributed by atoms with Gasteiger partial charge in [-0.25, -0.2) is 4.39 Å². The Hall–Kier alpha value is -1.71. The minimum atomic E-state index is -0.609. The van der Waals surface area contributed by atoms with Gasteiger partial charge in [0.2, 0.25) is 0 Å². The quantitative estimate of drug-likeness (QED) is 0.754. The molecule has 1 atom stereocenters. The summed E-state index contributed by atoms with van der Waals surface area (Å²) in [6.07, 6.45) is 0.925. The molecule has 0 saturated carbocycles. The molecule has 17 heavy (non-hydrogen) atoms. The highest BCUT2D eigenvalue weighted by atomic mass is 19.1. The van der Waals surface area contributed by atoms with Crippen LogP contribution in [-0.2, 0) is 4.79 Å². The van der Waals surface area contributed by atoms with Crippen molar-refractivity contribution in [2.45, 2.75) is 20.3 Å². The lowest BCUT2D eigenvalue weighted by Crippen LogP contribution is -2.33. The predicted octanol–water partition coefficient (Wildman–Crippen LogP) is 2.40. The molecule has 2 rings (SSSR count). The fourth-order valence-electron chi connectivity index (χ4n) is 1.89. The van der Waals surface area contributed by atoms with Crippen LogP contribution in [0.4, 0.5) is 10.1 Å². The average molecular weight is 235 g/mol. The second-order valence-electron chi connectivity index (χ2n) is 4.42. The minimum Gasteiger partial charge on any atom is -0.304 e. The van der Waals surface area contributed by atoms with Crippen LogP contribution in [-0.4, -0.2) is 18.2 Å². The van der Waals surface area contributed by atoms with Gasteiger partial charge in [0.15, 0.2) is 0 Å². The Morgan fingerprint density at radius 3 is 2.71 bits per heavy atom. The van der Waals surface area contributed by atoms with Crippen molar-refractivity contribution in [1.82, 2.24) is 0 Å². The zero-order valence-corrected chi connectivity index (χ0v) is 9.87. The number of anilines is 1. The van der Waals surface area contributed by atoms with Gasteiger partial charge in [-0.15, -0.1) is 0 Å². The van der Waals surface area contributed by atoms with Crippen LogP contribution in [0.25, 0.3) is 0 Å². The van der Waals surface area contributed by atoms with Crippen molar-refractivity contribution in [2.75, 3.05) is 11.4 Å². The number of hydrogen-bond donors (Lipinski definition) is 0. The van der Waals surface area contributed by atoms with Crippen molar-refractivity contribution in [3.05, 3.63) is 29.6 Å². The van der Waals surface area contributed by atoms with Crippen molar-refractivity contribution < 1.29 is 14.0 Å². The molecule has 0 radical (unpaired) electrons. The van der Waals surface area contributed by atoms with Gasteiger partial charge in [0.25, 0.3) is 11.7 Å². The molecule has 0 fully saturated rings. The number of nitrogens with zero attached hydrogens (tertiary/aromatic N) is 1. The van der Waals surface area contributed by atoms with Crippen LogP contribution in [0.2, 0.25) is 0 Å². The van der Waals surface area contributed by atoms with Crippen molar-refractivity contribution in [3.63, 3.8) is 0 Å². The summed E-state index contributed by atoms with van der Waals surface area (Å²) < 4.78 is 13.0. The molecule has 1 aliphatic rings. The van der Waals surface area contributed by atoms with Crippen molar-refractivity contribution in [1.29, 1.82) is 0 Å². The van der Waals surface area contributed by atoms with Gasteiger partial charge < -0.3 is 4.90 Å². The van der Waals surface area contributed by atoms with E-state index in [1.165, 1.54) is 17.0 Å². The number of fused-ring (bicyclic) bond motifs is 1. The maximum Gasteiger partial charge on any atom is 0.299 e. The highest BCUT2D eigenvalue weighted by Crippen LogP contribution is 2.30. The molecule has 1 aromatic rings. The second-order valence-corrected chi connectivity index (χ2v) is 4.42. The first-order chi connectivity index (χ1) is 8.04. The van der Waals surface area contributed by atoms with E-state index in [0.29, 0.717) is 18.2 Å². The number of carbonyl (C=O) groups excluding carboxylic acids is 2. The number of hydrogen-bond acceptors (Lipinski definition) is 2. The summed E-state index contributed by atoms with van der Waals surface area (Å²) in [6, 6.07) is 3.90. The summed E-state index contributed by atoms with van der Waals surface area (Å²) in [7, 11) is 0. The molecule has 1 aromatic carbocycles. The topological polar surface area (TPSA) is 37.4 Å². The van der Waals surface area contributed by atoms with Crippen LogP contribution >= 0.6 is 0 Å². The predicted molar refractivity (Wildman–Crippen MR) is 62.5 cm³/mol. The van der Waals surface area contributed by atoms with E-state index in [2.05, 4.69) is 0 Å². The monoisotopic (exact) mass is 235 g/mol. The second kappa shape index (κ2) is 4.28. The van der Waals surface area contributed by atoms with Crippen LogP contribution in [0.3, 0.4) is 0 Å². The molecule has 1 heterocycles. The Balaban J connectivity index is 2.38. The molecule has 0 spiro atoms. The van der Waals surface area contributed by atoms with E-state index in [1.807, 2.05) is 13.8 Å². The van der Waals surface area contributed by atoms with Crippen LogP contribution in [0.15, 0.2) is 18.2 Å². The van der Waals surface area contributed by atoms with Gasteiger partial charge in [-0.1, -0.05) is 20.3 Å². The van der Waals surface area contributed by atoms with E-state index in [-0.39, 0.29) is 5.56 Å². The molecule has 90 valence electrons. The van der Waals surface area contributed by atoms with Gasteiger partial charge in [-0.2, -0.15) is 0 Å². The van der Waals surface area contributed by atoms with Crippen molar-refractivity contribution in [2.24, 2.45) is 5.92 Å². The Kier molecular flexibility index (Phi) is 2.96. The van der Waals surface area contributed by atoms with Gasteiger partial charge in [-0.05, 0) is 24.1 Å². The van der Waals surface area contributed by atoms with Crippen molar-refractivity contribution >= 4 is 17.4 Å². The fraction of sp³-hybridized carbons (Fsp3) is 0.385. The highest BCUT2D eigenvalue weighted by Gasteiger charge is 2.36. The summed E-state index contributed by atoms with van der Waals surface area (Å²) in [5.74, 6) is -1.34. The normalized spacial score (nSPS) is 16.3. The largest absolute Gasteiger partial charge is 0.304 e. The average Bonchev–Trinajstić information content (AvgIpc) is 2.54. The summed E-state index contributed by atoms with van der Waals surface area (Å²) in [5, 5.41) is 0. The van der Waals surface area contributed by atoms with Gasteiger partial charge >= 0.3 is 0 Å². The van der Waals surface area contributed by atoms with E-state index in [0.717, 1.165) is 12.5 Å². The molecule has 1 unspecified atom stereocenters. The maximum atomic E-state index is 13.0. The fourth-order valence-corrected chi connectivity index (χ4v) is 1.89. The standard InChI is InChI=1S/C13H14FNO2/c1-3-8(2)7-15-11-5-4-9(14)6-10(11)12(16)13(15)17/h4-6,8H,3,7H2,1-2H3. The third-order valence-corrected chi connectivity index (χ3v) is 3.12. The first-order valence-corrected chi connectivity index (χ1v) is 5.70. The zero-order valence-electron chi connectivity index (χ0n) is 9.87. The molecule has 0 aliphatic carbocycles. The van der Waals surface area contributed by atoms with E-state index in [4.69, 9.17) is 0 Å². The molecule has 0 saturated heterocycles. The minimum absolute atomic E-state index is 0.179. The van der Waals surface area contributed by atoms with Crippen LogP contribution < -0.4 is 4.90 Å². The lowest BCUT2D eigenvalue weighted by Gasteiger charge is -2.20. The first kappa shape index (κ1) is 11.8. The number of Topliss-reactive ketones (excluding diaryl/α,β-unsaturated/α-hetero) is 1. The molecule has 1 amide bonds. The third-order valence-electron chi connectivity index (χ3n) is 3.12. The summed E-state index contributed by atoms with van der Waals surface area (Å²) in [4.78, 5) is 24.9. The Morgan fingerprint density at radius 1 is 1.35 bits per heavy atom. The molecule has 3 nitrogen and oxygen atoms in total. The lowest BCUT2D eigenvalue weighted by atomic mass is 10.1. The summed E-state index contributed by atoms with van der Waals surface area (Å²) in [5.41, 5.74) is 0.708. The Labute approximate surface area is 99.2 Å². The van der Waals surface area contributed by atoms with E-state index >= 15 is 0 Å². The number of halogens is 1. The molecule has 0 N–H and O–H groups in total. The number of rotatable bonds is 3. The SMILES string of the molecule is CCC(C)CN1C(=O)C(=O)c2cc(F)ccc21. The summed E-state index contributed by atoms with van der Waals surface area (Å²) in [6.45, 7) is 4.54. The molecule has 4 heteroatoms. The van der Waals surface area contributed by atoms with Crippen molar-refractivity contribution in [3.8, 4) is 0 Å². The molecule has 1 aliphatic heterocycles. The number of benzene rings is 1. The number of ketones is 1. The maximum absolute atomic E-state index is 13.0. The smallest absolute Gasteiger partial charge is 0.299 e. The zero-order chi connectivity index (χ0) is 12.6. The Morgan fingerprint density at radius 2 is 2.06 bits per heavy atom. The lowest BCUT2D eigenvalue weighted by molar-refractivity contribution is -0.114. The number of amides is 1. The highest BCUT2D eigenvalue weighted by molar-refractivity contribution is 6.52. The van der Waals surface area contributed by atoms with Gasteiger partial charge in [0.1, 0.15) is 5.82 Å². The van der Waals surface area contributed by atoms with E-state index < -0.39 is 17.5 Å². The van der Waals surface area contributed by atoms with Gasteiger partial charge in [0.05, 0.1) is 11.3 Å².